The SMILES string of the molecule is O=C(c1[nH]nc2c1CCCCC2=Cc1ccc(Cl)cc1)N1CCCCC1. The fourth-order valence-electron chi connectivity index (χ4n) is 3.94. The van der Waals surface area contributed by atoms with Crippen molar-refractivity contribution in [3.63, 3.8) is 0 Å². The van der Waals surface area contributed by atoms with E-state index >= 15 is 0 Å². The molecule has 1 aromatic heterocycles. The number of nitrogens with one attached hydrogen (secondary N) is 1. The molecule has 2 aliphatic rings. The number of carbonyl (C=O) groups is 1. The first-order chi connectivity index (χ1) is 12.7. The normalized spacial score (nSPS) is 19.3. The van der Waals surface area contributed by atoms with Gasteiger partial charge in [-0.05, 0) is 74.3 Å². The predicted octanol–water partition coefficient (Wildman–Crippen LogP) is 4.96. The summed E-state index contributed by atoms with van der Waals surface area (Å²) in [5.74, 6) is 0.117. The van der Waals surface area contributed by atoms with Crippen molar-refractivity contribution in [3.8, 4) is 0 Å². The minimum atomic E-state index is 0.117. The van der Waals surface area contributed by atoms with E-state index in [1.165, 1.54) is 12.0 Å². The van der Waals surface area contributed by atoms with Crippen molar-refractivity contribution >= 4 is 29.2 Å². The number of fused-ring (bicyclic) bond motifs is 1. The predicted molar refractivity (Wildman–Crippen MR) is 105 cm³/mol. The molecule has 4 rings (SSSR count). The number of hydrogen-bond acceptors (Lipinski definition) is 2. The van der Waals surface area contributed by atoms with Gasteiger partial charge in [0.05, 0.1) is 5.69 Å². The Hall–Kier alpha value is -2.07. The summed E-state index contributed by atoms with van der Waals surface area (Å²) in [6.45, 7) is 1.72. The van der Waals surface area contributed by atoms with E-state index in [4.69, 9.17) is 11.6 Å². The molecule has 0 saturated carbocycles. The Morgan fingerprint density at radius 1 is 1.04 bits per heavy atom. The Kier molecular flexibility index (Phi) is 5.11. The van der Waals surface area contributed by atoms with Crippen molar-refractivity contribution in [2.24, 2.45) is 0 Å². The second kappa shape index (κ2) is 7.67. The van der Waals surface area contributed by atoms with Crippen LogP contribution in [0.4, 0.5) is 0 Å². The zero-order valence-corrected chi connectivity index (χ0v) is 15.7. The molecular formula is C21H24ClN3O. The molecule has 1 aliphatic heterocycles. The molecule has 2 aromatic rings. The third-order valence-electron chi connectivity index (χ3n) is 5.36. The van der Waals surface area contributed by atoms with Crippen LogP contribution in [0.2, 0.25) is 5.02 Å². The van der Waals surface area contributed by atoms with E-state index in [0.29, 0.717) is 5.69 Å². The van der Waals surface area contributed by atoms with Gasteiger partial charge in [-0.1, -0.05) is 23.7 Å². The first-order valence-electron chi connectivity index (χ1n) is 9.55. The second-order valence-corrected chi connectivity index (χ2v) is 7.64. The number of benzene rings is 1. The molecular weight excluding hydrogens is 346 g/mol. The zero-order chi connectivity index (χ0) is 17.9. The summed E-state index contributed by atoms with van der Waals surface area (Å²) in [6.07, 6.45) is 9.71. The average molecular weight is 370 g/mol. The van der Waals surface area contributed by atoms with Crippen molar-refractivity contribution in [2.45, 2.75) is 44.9 Å². The molecule has 136 valence electrons. The van der Waals surface area contributed by atoms with Crippen LogP contribution < -0.4 is 0 Å². The number of aromatic nitrogens is 2. The number of nitrogens with zero attached hydrogens (tertiary/aromatic N) is 2. The van der Waals surface area contributed by atoms with Gasteiger partial charge in [0.15, 0.2) is 0 Å². The van der Waals surface area contributed by atoms with Gasteiger partial charge < -0.3 is 4.90 Å². The molecule has 0 spiro atoms. The van der Waals surface area contributed by atoms with Crippen molar-refractivity contribution in [3.05, 3.63) is 51.8 Å². The topological polar surface area (TPSA) is 49.0 Å². The van der Waals surface area contributed by atoms with Crippen LogP contribution in [0.15, 0.2) is 24.3 Å². The molecule has 0 atom stereocenters. The highest BCUT2D eigenvalue weighted by atomic mass is 35.5. The van der Waals surface area contributed by atoms with Crippen molar-refractivity contribution in [2.75, 3.05) is 13.1 Å². The maximum Gasteiger partial charge on any atom is 0.272 e. The lowest BCUT2D eigenvalue weighted by molar-refractivity contribution is 0.0717. The van der Waals surface area contributed by atoms with E-state index in [9.17, 15) is 4.79 Å². The molecule has 0 bridgehead atoms. The highest BCUT2D eigenvalue weighted by molar-refractivity contribution is 6.30. The number of amides is 1. The fraction of sp³-hybridized carbons (Fsp3) is 0.429. The number of piperidine rings is 1. The van der Waals surface area contributed by atoms with Gasteiger partial charge in [-0.25, -0.2) is 0 Å². The Labute approximate surface area is 159 Å². The smallest absolute Gasteiger partial charge is 0.272 e. The summed E-state index contributed by atoms with van der Waals surface area (Å²) < 4.78 is 0. The fourth-order valence-corrected chi connectivity index (χ4v) is 4.07. The Morgan fingerprint density at radius 3 is 2.54 bits per heavy atom. The van der Waals surface area contributed by atoms with Crippen molar-refractivity contribution < 1.29 is 4.79 Å². The van der Waals surface area contributed by atoms with E-state index in [1.54, 1.807) is 0 Å². The lowest BCUT2D eigenvalue weighted by Crippen LogP contribution is -2.36. The molecule has 1 fully saturated rings. The Balaban J connectivity index is 1.66. The van der Waals surface area contributed by atoms with Crippen LogP contribution in [0, 0.1) is 0 Å². The summed E-state index contributed by atoms with van der Waals surface area (Å²) in [5.41, 5.74) is 5.08. The summed E-state index contributed by atoms with van der Waals surface area (Å²) in [7, 11) is 0. The van der Waals surface area contributed by atoms with E-state index in [-0.39, 0.29) is 5.91 Å². The molecule has 1 N–H and O–H groups in total. The van der Waals surface area contributed by atoms with Crippen LogP contribution in [-0.2, 0) is 6.42 Å². The maximum absolute atomic E-state index is 13.0. The lowest BCUT2D eigenvalue weighted by Gasteiger charge is -2.26. The van der Waals surface area contributed by atoms with Crippen LogP contribution >= 0.6 is 11.6 Å². The molecule has 1 amide bonds. The number of allylic oxidation sites excluding steroid dienone is 1. The van der Waals surface area contributed by atoms with Gasteiger partial charge in [0.2, 0.25) is 0 Å². The molecule has 5 heteroatoms. The lowest BCUT2D eigenvalue weighted by atomic mass is 10.0. The van der Waals surface area contributed by atoms with Crippen LogP contribution in [-0.4, -0.2) is 34.1 Å². The number of rotatable bonds is 2. The van der Waals surface area contributed by atoms with Crippen LogP contribution in [0.5, 0.6) is 0 Å². The summed E-state index contributed by atoms with van der Waals surface area (Å²) in [6, 6.07) is 7.85. The number of likely N-dealkylation sites (tertiary alicyclic amines) is 1. The minimum Gasteiger partial charge on any atom is -0.337 e. The number of halogens is 1. The van der Waals surface area contributed by atoms with Gasteiger partial charge >= 0.3 is 0 Å². The monoisotopic (exact) mass is 369 g/mol. The summed E-state index contributed by atoms with van der Waals surface area (Å²) >= 11 is 5.99. The zero-order valence-electron chi connectivity index (χ0n) is 14.9. The van der Waals surface area contributed by atoms with Crippen molar-refractivity contribution in [1.29, 1.82) is 0 Å². The summed E-state index contributed by atoms with van der Waals surface area (Å²) in [4.78, 5) is 14.9. The molecule has 1 aromatic carbocycles. The number of hydrogen-bond donors (Lipinski definition) is 1. The third-order valence-corrected chi connectivity index (χ3v) is 5.61. The van der Waals surface area contributed by atoms with Gasteiger partial charge in [-0.15, -0.1) is 0 Å². The number of aromatic amines is 1. The number of H-pyrrole nitrogens is 1. The van der Waals surface area contributed by atoms with Crippen LogP contribution in [0.3, 0.4) is 0 Å². The first-order valence-corrected chi connectivity index (χ1v) is 9.93. The largest absolute Gasteiger partial charge is 0.337 e. The van der Waals surface area contributed by atoms with Crippen LogP contribution in [0.1, 0.15) is 65.8 Å². The third kappa shape index (κ3) is 3.56. The Bertz CT molecular complexity index is 816. The quantitative estimate of drug-likeness (QED) is 0.761. The van der Waals surface area contributed by atoms with E-state index in [1.807, 2.05) is 29.2 Å². The minimum absolute atomic E-state index is 0.117. The summed E-state index contributed by atoms with van der Waals surface area (Å²) in [5, 5.41) is 8.36. The van der Waals surface area contributed by atoms with E-state index in [0.717, 1.165) is 73.5 Å². The average Bonchev–Trinajstić information content (AvgIpc) is 3.00. The van der Waals surface area contributed by atoms with Gasteiger partial charge in [0, 0.05) is 23.7 Å². The van der Waals surface area contributed by atoms with Crippen LogP contribution in [0.25, 0.3) is 11.6 Å². The molecule has 1 saturated heterocycles. The van der Waals surface area contributed by atoms with Gasteiger partial charge in [-0.3, -0.25) is 9.89 Å². The van der Waals surface area contributed by atoms with E-state index < -0.39 is 0 Å². The highest BCUT2D eigenvalue weighted by Gasteiger charge is 2.27. The second-order valence-electron chi connectivity index (χ2n) is 7.21. The first kappa shape index (κ1) is 17.3. The molecule has 2 heterocycles. The van der Waals surface area contributed by atoms with Crippen molar-refractivity contribution in [1.82, 2.24) is 15.1 Å². The molecule has 0 unspecified atom stereocenters. The molecule has 1 aliphatic carbocycles. The highest BCUT2D eigenvalue weighted by Crippen LogP contribution is 2.32. The molecule has 26 heavy (non-hydrogen) atoms. The van der Waals surface area contributed by atoms with Gasteiger partial charge in [-0.2, -0.15) is 5.10 Å². The maximum atomic E-state index is 13.0. The molecule has 4 nitrogen and oxygen atoms in total. The Morgan fingerprint density at radius 2 is 1.77 bits per heavy atom. The van der Waals surface area contributed by atoms with E-state index in [2.05, 4.69) is 16.3 Å². The van der Waals surface area contributed by atoms with Gasteiger partial charge in [0.25, 0.3) is 5.91 Å². The van der Waals surface area contributed by atoms with Gasteiger partial charge in [0.1, 0.15) is 5.69 Å². The number of carbonyl (C=O) groups excluding carboxylic acids is 1. The standard InChI is InChI=1S/C21H24ClN3O/c22-17-10-8-15(9-11-17)14-16-6-2-3-7-18-19(16)23-24-20(18)21(26)25-12-4-1-5-13-25/h8-11,14H,1-7,12-13H2,(H,23,24). The molecule has 0 radical (unpaired) electrons.